The van der Waals surface area contributed by atoms with E-state index in [0.29, 0.717) is 42.4 Å². The third kappa shape index (κ3) is 3.51. The number of ether oxygens (including phenoxy) is 1. The molecule has 0 radical (unpaired) electrons. The highest BCUT2D eigenvalue weighted by Crippen LogP contribution is 2.40. The Bertz CT molecular complexity index is 815. The van der Waals surface area contributed by atoms with Crippen LogP contribution in [0.4, 0.5) is 0 Å². The quantitative estimate of drug-likeness (QED) is 0.665. The summed E-state index contributed by atoms with van der Waals surface area (Å²) in [6.07, 6.45) is 3.77. The Labute approximate surface area is 158 Å². The average Bonchev–Trinajstić information content (AvgIpc) is 3.21. The first-order chi connectivity index (χ1) is 12.6. The largest absolute Gasteiger partial charge is 0.377 e. The second-order valence-corrected chi connectivity index (χ2v) is 7.36. The molecule has 2 aromatic heterocycles. The van der Waals surface area contributed by atoms with Crippen LogP contribution in [0.2, 0.25) is 0 Å². The highest BCUT2D eigenvalue weighted by atomic mass is 79.9. The Balaban J connectivity index is 1.43. The summed E-state index contributed by atoms with van der Waals surface area (Å²) in [5.74, 6) is 0.0476. The Hall–Kier alpha value is -2.20. The minimum atomic E-state index is -0.299. The monoisotopic (exact) mass is 422 g/mol. The molecule has 2 aromatic rings. The molecule has 1 aliphatic carbocycles. The highest BCUT2D eigenvalue weighted by Gasteiger charge is 2.34. The van der Waals surface area contributed by atoms with E-state index in [0.717, 1.165) is 18.5 Å². The lowest BCUT2D eigenvalue weighted by atomic mass is 10.1. The topological polar surface area (TPSA) is 116 Å². The van der Waals surface area contributed by atoms with E-state index in [-0.39, 0.29) is 23.6 Å². The van der Waals surface area contributed by atoms with Gasteiger partial charge in [0.15, 0.2) is 5.69 Å². The van der Waals surface area contributed by atoms with Crippen molar-refractivity contribution in [2.75, 3.05) is 26.3 Å². The molecule has 0 spiro atoms. The van der Waals surface area contributed by atoms with E-state index < -0.39 is 0 Å². The minimum Gasteiger partial charge on any atom is -0.377 e. The third-order valence-corrected chi connectivity index (χ3v) is 5.06. The molecule has 2 aliphatic rings. The smallest absolute Gasteiger partial charge is 0.271 e. The van der Waals surface area contributed by atoms with Crippen LogP contribution < -0.4 is 5.32 Å². The summed E-state index contributed by atoms with van der Waals surface area (Å²) < 4.78 is 6.15. The van der Waals surface area contributed by atoms with Crippen LogP contribution in [0.5, 0.6) is 0 Å². The van der Waals surface area contributed by atoms with Crippen molar-refractivity contribution in [2.24, 2.45) is 0 Å². The van der Waals surface area contributed by atoms with Crippen molar-refractivity contribution < 1.29 is 14.3 Å². The van der Waals surface area contributed by atoms with E-state index in [2.05, 4.69) is 41.6 Å². The number of H-pyrrole nitrogens is 2. The van der Waals surface area contributed by atoms with E-state index >= 15 is 0 Å². The zero-order valence-electron chi connectivity index (χ0n) is 14.0. The van der Waals surface area contributed by atoms with Gasteiger partial charge in [-0.05, 0) is 28.8 Å². The summed E-state index contributed by atoms with van der Waals surface area (Å²) in [5, 5.41) is 16.4. The van der Waals surface area contributed by atoms with Crippen LogP contribution in [-0.2, 0) is 4.74 Å². The zero-order chi connectivity index (χ0) is 18.1. The molecule has 1 unspecified atom stereocenters. The van der Waals surface area contributed by atoms with Gasteiger partial charge < -0.3 is 15.0 Å². The molecular formula is C16H19BrN6O3. The van der Waals surface area contributed by atoms with Crippen LogP contribution in [0.3, 0.4) is 0 Å². The van der Waals surface area contributed by atoms with Crippen molar-refractivity contribution in [2.45, 2.75) is 24.8 Å². The van der Waals surface area contributed by atoms with E-state index in [1.165, 1.54) is 0 Å². The van der Waals surface area contributed by atoms with Gasteiger partial charge in [-0.25, -0.2) is 0 Å². The highest BCUT2D eigenvalue weighted by molar-refractivity contribution is 9.10. The molecule has 0 aromatic carbocycles. The number of halogens is 1. The molecule has 2 fully saturated rings. The van der Waals surface area contributed by atoms with Gasteiger partial charge in [0.1, 0.15) is 4.60 Å². The maximum absolute atomic E-state index is 13.0. The van der Waals surface area contributed by atoms with E-state index in [9.17, 15) is 9.59 Å². The van der Waals surface area contributed by atoms with Gasteiger partial charge in [0.05, 0.1) is 36.7 Å². The van der Waals surface area contributed by atoms with Crippen molar-refractivity contribution in [1.29, 1.82) is 0 Å². The molecule has 3 N–H and O–H groups in total. The van der Waals surface area contributed by atoms with Gasteiger partial charge in [-0.2, -0.15) is 10.2 Å². The number of amides is 2. The molecule has 26 heavy (non-hydrogen) atoms. The molecule has 4 rings (SSSR count). The first-order valence-electron chi connectivity index (χ1n) is 8.54. The van der Waals surface area contributed by atoms with Crippen LogP contribution in [0, 0.1) is 0 Å². The number of aromatic amines is 2. The zero-order valence-corrected chi connectivity index (χ0v) is 15.6. The lowest BCUT2D eigenvalue weighted by molar-refractivity contribution is -0.00136. The molecule has 1 aliphatic heterocycles. The number of nitrogens with one attached hydrogen (secondary N) is 3. The van der Waals surface area contributed by atoms with Crippen LogP contribution in [0.25, 0.3) is 0 Å². The summed E-state index contributed by atoms with van der Waals surface area (Å²) in [5.41, 5.74) is 1.84. The normalized spacial score (nSPS) is 20.2. The van der Waals surface area contributed by atoms with Crippen molar-refractivity contribution in [3.05, 3.63) is 33.8 Å². The van der Waals surface area contributed by atoms with Gasteiger partial charge in [0.25, 0.3) is 11.8 Å². The maximum atomic E-state index is 13.0. The Morgan fingerprint density at radius 3 is 2.96 bits per heavy atom. The maximum Gasteiger partial charge on any atom is 0.271 e. The summed E-state index contributed by atoms with van der Waals surface area (Å²) in [4.78, 5) is 27.0. The molecule has 138 valence electrons. The van der Waals surface area contributed by atoms with Crippen LogP contribution in [-0.4, -0.2) is 69.5 Å². The van der Waals surface area contributed by atoms with Gasteiger partial charge in [-0.3, -0.25) is 19.8 Å². The minimum absolute atomic E-state index is 0.0642. The van der Waals surface area contributed by atoms with Crippen LogP contribution in [0.15, 0.2) is 16.9 Å². The first kappa shape index (κ1) is 17.2. The van der Waals surface area contributed by atoms with Gasteiger partial charge in [-0.1, -0.05) is 0 Å². The first-order valence-corrected chi connectivity index (χ1v) is 9.34. The van der Waals surface area contributed by atoms with Crippen molar-refractivity contribution in [3.8, 4) is 0 Å². The standard InChI is InChI=1S/C16H19BrN6O3/c17-13-5-12(20-21-13)15(24)18-6-10-8-26-4-3-23(10)16(25)11-7-19-22-14(11)9-1-2-9/h5,7,9-10H,1-4,6,8H2,(H,18,24)(H,19,22)(H,20,21). The molecular weight excluding hydrogens is 404 g/mol. The lowest BCUT2D eigenvalue weighted by Gasteiger charge is -2.35. The number of aromatic nitrogens is 4. The Morgan fingerprint density at radius 1 is 1.38 bits per heavy atom. The number of carbonyl (C=O) groups is 2. The SMILES string of the molecule is O=C(NCC1COCCN1C(=O)c1cn[nH]c1C1CC1)c1cc(Br)[nH]n1. The molecule has 10 heteroatoms. The van der Waals surface area contributed by atoms with Crippen molar-refractivity contribution in [3.63, 3.8) is 0 Å². The molecule has 1 saturated heterocycles. The predicted octanol–water partition coefficient (Wildman–Crippen LogP) is 1.04. The number of rotatable bonds is 5. The summed E-state index contributed by atoms with van der Waals surface area (Å²) in [7, 11) is 0. The number of carbonyl (C=O) groups excluding carboxylic acids is 2. The Kier molecular flexibility index (Phi) is 4.77. The summed E-state index contributed by atoms with van der Waals surface area (Å²) >= 11 is 3.22. The second-order valence-electron chi connectivity index (χ2n) is 6.51. The fourth-order valence-electron chi connectivity index (χ4n) is 3.11. The Morgan fingerprint density at radius 2 is 2.23 bits per heavy atom. The predicted molar refractivity (Wildman–Crippen MR) is 94.8 cm³/mol. The summed E-state index contributed by atoms with van der Waals surface area (Å²) in [6.45, 7) is 1.65. The fourth-order valence-corrected chi connectivity index (χ4v) is 3.42. The van der Waals surface area contributed by atoms with Gasteiger partial charge in [0, 0.05) is 25.1 Å². The van der Waals surface area contributed by atoms with Gasteiger partial charge in [0.2, 0.25) is 0 Å². The van der Waals surface area contributed by atoms with Crippen LogP contribution in [0.1, 0.15) is 45.3 Å². The van der Waals surface area contributed by atoms with Crippen molar-refractivity contribution in [1.82, 2.24) is 30.6 Å². The molecule has 0 bridgehead atoms. The van der Waals surface area contributed by atoms with E-state index in [1.807, 2.05) is 0 Å². The number of hydrogen-bond acceptors (Lipinski definition) is 5. The second kappa shape index (κ2) is 7.20. The fraction of sp³-hybridized carbons (Fsp3) is 0.500. The van der Waals surface area contributed by atoms with Gasteiger partial charge in [-0.15, -0.1) is 0 Å². The van der Waals surface area contributed by atoms with Gasteiger partial charge >= 0.3 is 0 Å². The van der Waals surface area contributed by atoms with E-state index in [4.69, 9.17) is 4.74 Å². The lowest BCUT2D eigenvalue weighted by Crippen LogP contribution is -2.53. The molecule has 3 heterocycles. The van der Waals surface area contributed by atoms with Crippen molar-refractivity contribution >= 4 is 27.7 Å². The molecule has 1 saturated carbocycles. The number of morpholine rings is 1. The molecule has 2 amide bonds. The number of hydrogen-bond donors (Lipinski definition) is 3. The average molecular weight is 423 g/mol. The summed E-state index contributed by atoms with van der Waals surface area (Å²) in [6, 6.07) is 1.37. The van der Waals surface area contributed by atoms with Crippen LogP contribution >= 0.6 is 15.9 Å². The third-order valence-electron chi connectivity index (χ3n) is 4.65. The molecule has 9 nitrogen and oxygen atoms in total. The number of nitrogens with zero attached hydrogens (tertiary/aromatic N) is 3. The molecule has 1 atom stereocenters. The van der Waals surface area contributed by atoms with E-state index in [1.54, 1.807) is 17.2 Å².